The molecule has 0 spiro atoms. The van der Waals surface area contributed by atoms with E-state index >= 15 is 0 Å². The maximum absolute atomic E-state index is 13.5. The Kier molecular flexibility index (Phi) is 3.78. The second kappa shape index (κ2) is 6.27. The van der Waals surface area contributed by atoms with E-state index in [1.54, 1.807) is 22.8 Å². The Labute approximate surface area is 173 Å². The zero-order valence-electron chi connectivity index (χ0n) is 15.3. The molecule has 146 valence electrons. The minimum absolute atomic E-state index is 0.00498. The molecule has 5 rings (SSSR count). The van der Waals surface area contributed by atoms with Crippen molar-refractivity contribution in [2.24, 2.45) is 0 Å². The van der Waals surface area contributed by atoms with Gasteiger partial charge in [-0.3, -0.25) is 20.3 Å². The van der Waals surface area contributed by atoms with E-state index in [4.69, 9.17) is 17.0 Å². The molecule has 2 aromatic carbocycles. The molecule has 0 bridgehead atoms. The molecule has 0 saturated heterocycles. The van der Waals surface area contributed by atoms with E-state index in [0.29, 0.717) is 51.2 Å². The molecule has 1 aliphatic rings. The molecule has 3 heterocycles. The number of nitrogens with one attached hydrogen (secondary N) is 1. The summed E-state index contributed by atoms with van der Waals surface area (Å²) in [6, 6.07) is 12.7. The van der Waals surface area contributed by atoms with Crippen molar-refractivity contribution in [1.29, 1.82) is 10.7 Å². The van der Waals surface area contributed by atoms with E-state index in [2.05, 4.69) is 6.07 Å². The summed E-state index contributed by atoms with van der Waals surface area (Å²) >= 11 is 6.16. The first-order chi connectivity index (χ1) is 14.4. The molecule has 0 atom stereocenters. The quantitative estimate of drug-likeness (QED) is 0.305. The van der Waals surface area contributed by atoms with Crippen LogP contribution in [0, 0.1) is 26.9 Å². The number of aromatic nitrogens is 2. The van der Waals surface area contributed by atoms with Crippen molar-refractivity contribution in [3.8, 4) is 17.2 Å². The number of halogens is 1. The maximum atomic E-state index is 13.5. The highest BCUT2D eigenvalue weighted by Crippen LogP contribution is 2.33. The largest absolute Gasteiger partial charge is 0.325 e. The molecule has 0 fully saturated rings. The first kappa shape index (κ1) is 18.1. The van der Waals surface area contributed by atoms with E-state index in [9.17, 15) is 20.2 Å². The minimum atomic E-state index is -0.514. The second-order valence-corrected chi connectivity index (χ2v) is 7.44. The summed E-state index contributed by atoms with van der Waals surface area (Å²) in [5.74, 6) is 0. The van der Waals surface area contributed by atoms with Gasteiger partial charge in [0.05, 0.1) is 15.8 Å². The molecule has 9 heteroatoms. The first-order valence-electron chi connectivity index (χ1n) is 9.04. The van der Waals surface area contributed by atoms with Crippen LogP contribution in [-0.4, -0.2) is 14.1 Å². The van der Waals surface area contributed by atoms with Crippen LogP contribution in [0.25, 0.3) is 33.1 Å². The number of hydrogen-bond acceptors (Lipinski definition) is 5. The molecule has 2 aromatic heterocycles. The summed E-state index contributed by atoms with van der Waals surface area (Å²) in [6.07, 6.45) is 0. The number of non-ortho nitro benzene ring substituents is 1. The van der Waals surface area contributed by atoms with Gasteiger partial charge in [-0.25, -0.2) is 0 Å². The Morgan fingerprint density at radius 3 is 2.50 bits per heavy atom. The van der Waals surface area contributed by atoms with E-state index in [1.807, 2.05) is 4.57 Å². The molecule has 4 aromatic rings. The number of nitro groups is 1. The third-order valence-electron chi connectivity index (χ3n) is 5.49. The van der Waals surface area contributed by atoms with Crippen molar-refractivity contribution in [1.82, 2.24) is 9.13 Å². The highest BCUT2D eigenvalue weighted by molar-refractivity contribution is 6.31. The van der Waals surface area contributed by atoms with Gasteiger partial charge in [-0.2, -0.15) is 5.26 Å². The molecule has 0 radical (unpaired) electrons. The van der Waals surface area contributed by atoms with E-state index in [-0.39, 0.29) is 22.2 Å². The van der Waals surface area contributed by atoms with Crippen molar-refractivity contribution < 1.29 is 4.92 Å². The third-order valence-corrected chi connectivity index (χ3v) is 5.72. The molecular formula is C21H12ClN5O3. The Hall–Kier alpha value is -3.96. The number of nitrogens with zero attached hydrogens (tertiary/aromatic N) is 4. The predicted octanol–water partition coefficient (Wildman–Crippen LogP) is 3.55. The van der Waals surface area contributed by atoms with Crippen LogP contribution >= 0.6 is 11.6 Å². The number of aryl methyl sites for hydroxylation is 2. The highest BCUT2D eigenvalue weighted by Gasteiger charge is 2.26. The topological polar surface area (TPSA) is 118 Å². The van der Waals surface area contributed by atoms with Crippen molar-refractivity contribution in [2.45, 2.75) is 13.1 Å². The van der Waals surface area contributed by atoms with Gasteiger partial charge in [-0.1, -0.05) is 11.6 Å². The lowest BCUT2D eigenvalue weighted by molar-refractivity contribution is -0.384. The van der Waals surface area contributed by atoms with Crippen LogP contribution in [0.2, 0.25) is 5.02 Å². The van der Waals surface area contributed by atoms with E-state index < -0.39 is 4.92 Å². The smallest absolute Gasteiger partial charge is 0.269 e. The Morgan fingerprint density at radius 2 is 1.83 bits per heavy atom. The molecule has 8 nitrogen and oxygen atoms in total. The van der Waals surface area contributed by atoms with Gasteiger partial charge >= 0.3 is 0 Å². The molecule has 1 aliphatic heterocycles. The number of nitro benzene ring substituents is 1. The molecule has 30 heavy (non-hydrogen) atoms. The fourth-order valence-electron chi connectivity index (χ4n) is 4.19. The number of rotatable bonds is 2. The van der Waals surface area contributed by atoms with Crippen LogP contribution in [0.5, 0.6) is 0 Å². The molecule has 0 amide bonds. The van der Waals surface area contributed by atoms with Gasteiger partial charge in [0, 0.05) is 41.2 Å². The lowest BCUT2D eigenvalue weighted by Gasteiger charge is -2.15. The number of hydrogen-bond donors (Lipinski definition) is 1. The highest BCUT2D eigenvalue weighted by atomic mass is 35.5. The zero-order valence-corrected chi connectivity index (χ0v) is 16.1. The van der Waals surface area contributed by atoms with Crippen molar-refractivity contribution in [3.05, 3.63) is 78.9 Å². The molecule has 0 saturated carbocycles. The molecule has 0 unspecified atom stereocenters. The summed E-state index contributed by atoms with van der Waals surface area (Å²) in [4.78, 5) is 24.0. The number of pyridine rings is 2. The fourth-order valence-corrected chi connectivity index (χ4v) is 4.35. The van der Waals surface area contributed by atoms with Gasteiger partial charge in [-0.05, 0) is 35.9 Å². The van der Waals surface area contributed by atoms with Crippen LogP contribution in [0.4, 0.5) is 5.69 Å². The monoisotopic (exact) mass is 417 g/mol. The van der Waals surface area contributed by atoms with Gasteiger partial charge in [-0.15, -0.1) is 0 Å². The minimum Gasteiger partial charge on any atom is -0.325 e. The molecule has 0 aliphatic carbocycles. The van der Waals surface area contributed by atoms with Gasteiger partial charge in [0.15, 0.2) is 5.43 Å². The summed E-state index contributed by atoms with van der Waals surface area (Å²) in [5, 5.41) is 30.7. The van der Waals surface area contributed by atoms with Crippen LogP contribution in [0.1, 0.15) is 5.56 Å². The average Bonchev–Trinajstić information content (AvgIpc) is 3.18. The van der Waals surface area contributed by atoms with Crippen molar-refractivity contribution in [2.75, 3.05) is 0 Å². The number of fused-ring (bicyclic) bond motifs is 2. The summed E-state index contributed by atoms with van der Waals surface area (Å²) in [7, 11) is 0. The molecular weight excluding hydrogens is 406 g/mol. The van der Waals surface area contributed by atoms with Crippen molar-refractivity contribution >= 4 is 39.2 Å². The van der Waals surface area contributed by atoms with Gasteiger partial charge in [0.1, 0.15) is 22.8 Å². The Bertz CT molecular complexity index is 1580. The van der Waals surface area contributed by atoms with E-state index in [1.165, 1.54) is 24.3 Å². The van der Waals surface area contributed by atoms with Crippen LogP contribution < -0.4 is 10.9 Å². The number of nitriles is 1. The average molecular weight is 418 g/mol. The second-order valence-electron chi connectivity index (χ2n) is 7.01. The maximum Gasteiger partial charge on any atom is 0.269 e. The summed E-state index contributed by atoms with van der Waals surface area (Å²) in [5.41, 5.74) is 1.72. The van der Waals surface area contributed by atoms with Crippen LogP contribution in [-0.2, 0) is 13.1 Å². The van der Waals surface area contributed by atoms with Crippen LogP contribution in [0.3, 0.4) is 0 Å². The fraction of sp³-hybridized carbons (Fsp3) is 0.0952. The zero-order chi connectivity index (χ0) is 21.2. The number of benzene rings is 2. The summed E-state index contributed by atoms with van der Waals surface area (Å²) < 4.78 is 3.59. The SMILES string of the molecule is N#Cc1c(-c2ccc([N+](=O)[O-])cc2)c2c(=O)c3ccc(Cl)cc3n3c2n(c1=N)CC3. The predicted molar refractivity (Wildman–Crippen MR) is 111 cm³/mol. The van der Waals surface area contributed by atoms with Crippen LogP contribution in [0.15, 0.2) is 47.3 Å². The van der Waals surface area contributed by atoms with Gasteiger partial charge in [0.2, 0.25) is 0 Å². The lowest BCUT2D eigenvalue weighted by atomic mass is 9.96. The summed E-state index contributed by atoms with van der Waals surface area (Å²) in [6.45, 7) is 0.990. The Balaban J connectivity index is 2.02. The van der Waals surface area contributed by atoms with Crippen molar-refractivity contribution in [3.63, 3.8) is 0 Å². The van der Waals surface area contributed by atoms with E-state index in [0.717, 1.165) is 0 Å². The first-order valence-corrected chi connectivity index (χ1v) is 9.42. The normalized spacial score (nSPS) is 12.4. The third kappa shape index (κ3) is 2.33. The van der Waals surface area contributed by atoms with Gasteiger partial charge in [0.25, 0.3) is 5.69 Å². The van der Waals surface area contributed by atoms with Gasteiger partial charge < -0.3 is 9.13 Å². The molecule has 1 N–H and O–H groups in total. The standard InChI is InChI=1S/C21H12ClN5O3/c22-12-3-6-14-16(9-12)25-7-8-26-20(24)15(10-23)17(18(19(14)28)21(25)26)11-1-4-13(5-2-11)27(29)30/h1-6,9,24H,7-8H2. The lowest BCUT2D eigenvalue weighted by Crippen LogP contribution is -2.24. The Morgan fingerprint density at radius 1 is 1.13 bits per heavy atom.